The molecule has 0 saturated carbocycles. The van der Waals surface area contributed by atoms with Gasteiger partial charge >= 0.3 is 0 Å². The molecule has 0 radical (unpaired) electrons. The maximum atomic E-state index is 3.98. The molecule has 9 aromatic rings. The Labute approximate surface area is 413 Å². The van der Waals surface area contributed by atoms with Crippen LogP contribution in [0.5, 0.6) is 0 Å². The number of hydrogen-bond acceptors (Lipinski definition) is 2. The topological polar surface area (TPSA) is 0 Å². The Morgan fingerprint density at radius 2 is 0.545 bits per heavy atom. The van der Waals surface area contributed by atoms with Crippen molar-refractivity contribution in [2.75, 3.05) is 0 Å². The van der Waals surface area contributed by atoms with Crippen LogP contribution in [0.15, 0.2) is 153 Å². The molecule has 0 spiro atoms. The average molecular weight is 1020 g/mol. The van der Waals surface area contributed by atoms with Gasteiger partial charge in [0.2, 0.25) is 0 Å². The first kappa shape index (κ1) is 41.1. The zero-order valence-electron chi connectivity index (χ0n) is 38.4. The van der Waals surface area contributed by atoms with Crippen LogP contribution in [0.2, 0.25) is 0 Å². The number of halogens is 2. The summed E-state index contributed by atoms with van der Waals surface area (Å²) in [5, 5.41) is 0. The summed E-state index contributed by atoms with van der Waals surface area (Å²) < 4.78 is 2.34. The Bertz CT molecular complexity index is 3230. The summed E-state index contributed by atoms with van der Waals surface area (Å²) in [6.07, 6.45) is 0. The van der Waals surface area contributed by atoms with Crippen molar-refractivity contribution in [3.8, 4) is 43.1 Å². The van der Waals surface area contributed by atoms with E-state index in [4.69, 9.17) is 0 Å². The fourth-order valence-corrected chi connectivity index (χ4v) is 16.2. The summed E-state index contributed by atoms with van der Waals surface area (Å²) in [5.41, 5.74) is 28.4. The number of fused-ring (bicyclic) bond motifs is 12. The molecule has 2 aromatic heterocycles. The lowest BCUT2D eigenvalue weighted by Gasteiger charge is -2.34. The number of aryl methyl sites for hydroxylation is 4. The van der Waals surface area contributed by atoms with Gasteiger partial charge in [-0.3, -0.25) is 0 Å². The minimum absolute atomic E-state index is 0.212. The molecule has 0 bridgehead atoms. The molecule has 0 aliphatic heterocycles. The fraction of sp³-hybridized carbons (Fsp3) is 0.194. The fourth-order valence-electron chi connectivity index (χ4n) is 12.8. The molecule has 66 heavy (non-hydrogen) atoms. The molecular formula is C62H48Br2S2. The van der Waals surface area contributed by atoms with Crippen molar-refractivity contribution in [1.82, 2.24) is 0 Å². The third-order valence-electron chi connectivity index (χ3n) is 16.2. The van der Waals surface area contributed by atoms with Gasteiger partial charge in [-0.25, -0.2) is 0 Å². The van der Waals surface area contributed by atoms with Gasteiger partial charge < -0.3 is 0 Å². The highest BCUT2D eigenvalue weighted by Crippen LogP contribution is 2.66. The van der Waals surface area contributed by atoms with Crippen LogP contribution in [0.4, 0.5) is 0 Å². The highest BCUT2D eigenvalue weighted by atomic mass is 79.9. The van der Waals surface area contributed by atoms with Gasteiger partial charge in [-0.2, -0.15) is 0 Å². The molecule has 0 nitrogen and oxygen atoms in total. The third-order valence-corrected chi connectivity index (χ3v) is 19.5. The number of thiophene rings is 2. The van der Waals surface area contributed by atoms with Crippen LogP contribution in [0.1, 0.15) is 117 Å². The Morgan fingerprint density at radius 3 is 0.818 bits per heavy atom. The molecule has 322 valence electrons. The van der Waals surface area contributed by atoms with Gasteiger partial charge in [-0.15, -0.1) is 22.7 Å². The first-order valence-corrected chi connectivity index (χ1v) is 26.3. The minimum atomic E-state index is -0.458. The standard InChI is InChI=1S/C62H48Br2S2/c1-33-9-17-37(18-10-33)61(38-19-11-34(2)12-20-38)51-27-43-41-25-48-42(26-47(41)59(5,6)49(43)29-45(51)57-53(61)31-55(63)65-57)44-28-52-46(30-50(44)60(48,7)8)58-54(32-56(64)66-58)62(52,39-21-13-35(3)14-22-39)40-23-15-36(4)16-24-40/h9-32H,1-8H3. The van der Waals surface area contributed by atoms with E-state index in [2.05, 4.69) is 233 Å². The quantitative estimate of drug-likeness (QED) is 0.165. The van der Waals surface area contributed by atoms with Crippen molar-refractivity contribution >= 4 is 54.5 Å². The molecule has 13 rings (SSSR count). The van der Waals surface area contributed by atoms with E-state index in [1.165, 1.54) is 140 Å². The van der Waals surface area contributed by atoms with Crippen LogP contribution in [0.25, 0.3) is 43.1 Å². The zero-order valence-corrected chi connectivity index (χ0v) is 43.2. The zero-order chi connectivity index (χ0) is 45.4. The van der Waals surface area contributed by atoms with Crippen molar-refractivity contribution in [1.29, 1.82) is 0 Å². The molecule has 0 amide bonds. The molecule has 4 aliphatic carbocycles. The monoisotopic (exact) mass is 1010 g/mol. The van der Waals surface area contributed by atoms with Crippen LogP contribution in [0, 0.1) is 27.7 Å². The number of hydrogen-bond donors (Lipinski definition) is 0. The van der Waals surface area contributed by atoms with E-state index in [9.17, 15) is 0 Å². The molecule has 2 heterocycles. The van der Waals surface area contributed by atoms with Gasteiger partial charge in [-0.05, 0) is 208 Å². The molecule has 0 unspecified atom stereocenters. The van der Waals surface area contributed by atoms with Crippen LogP contribution < -0.4 is 0 Å². The third kappa shape index (κ3) is 5.20. The normalized spacial score (nSPS) is 16.5. The van der Waals surface area contributed by atoms with E-state index in [1.54, 1.807) is 0 Å². The summed E-state index contributed by atoms with van der Waals surface area (Å²) in [7, 11) is 0. The molecule has 0 fully saturated rings. The number of benzene rings is 7. The Morgan fingerprint density at radius 1 is 0.303 bits per heavy atom. The van der Waals surface area contributed by atoms with E-state index in [0.717, 1.165) is 0 Å². The maximum Gasteiger partial charge on any atom is 0.0722 e. The van der Waals surface area contributed by atoms with Crippen LogP contribution in [0.3, 0.4) is 0 Å². The van der Waals surface area contributed by atoms with Crippen molar-refractivity contribution in [3.63, 3.8) is 0 Å². The highest BCUT2D eigenvalue weighted by Gasteiger charge is 2.52. The summed E-state index contributed by atoms with van der Waals surface area (Å²) in [5.74, 6) is 0. The first-order chi connectivity index (χ1) is 31.6. The first-order valence-electron chi connectivity index (χ1n) is 23.1. The van der Waals surface area contributed by atoms with E-state index < -0.39 is 10.8 Å². The lowest BCUT2D eigenvalue weighted by molar-refractivity contribution is 0.652. The molecule has 0 atom stereocenters. The maximum absolute atomic E-state index is 3.98. The second-order valence-corrected chi connectivity index (χ2v) is 25.5. The second-order valence-electron chi connectivity index (χ2n) is 20.6. The predicted molar refractivity (Wildman–Crippen MR) is 286 cm³/mol. The van der Waals surface area contributed by atoms with Crippen LogP contribution >= 0.6 is 54.5 Å². The summed E-state index contributed by atoms with van der Waals surface area (Å²) >= 11 is 11.7. The van der Waals surface area contributed by atoms with Gasteiger partial charge in [0.25, 0.3) is 0 Å². The molecule has 7 aromatic carbocycles. The van der Waals surface area contributed by atoms with Gasteiger partial charge in [0.1, 0.15) is 0 Å². The van der Waals surface area contributed by atoms with E-state index >= 15 is 0 Å². The lowest BCUT2D eigenvalue weighted by atomic mass is 9.67. The summed E-state index contributed by atoms with van der Waals surface area (Å²) in [4.78, 5) is 2.73. The average Bonchev–Trinajstić information content (AvgIpc) is 4.09. The smallest absolute Gasteiger partial charge is 0.0722 e. The molecule has 0 N–H and O–H groups in total. The lowest BCUT2D eigenvalue weighted by Crippen LogP contribution is -2.28. The Balaban J connectivity index is 1.05. The van der Waals surface area contributed by atoms with Crippen LogP contribution in [-0.2, 0) is 21.7 Å². The van der Waals surface area contributed by atoms with Crippen LogP contribution in [-0.4, -0.2) is 0 Å². The van der Waals surface area contributed by atoms with Crippen molar-refractivity contribution < 1.29 is 0 Å². The molecule has 4 aliphatic rings. The van der Waals surface area contributed by atoms with Crippen molar-refractivity contribution in [3.05, 3.63) is 242 Å². The second kappa shape index (κ2) is 13.8. The SMILES string of the molecule is Cc1ccc(C2(c3ccc(C)cc3)c3cc4c(cc3-c3sc(Br)cc32)C(C)(C)c2cc3c(cc2-4)C(C)(C)c2cc4c(cc2-3)C(c2ccc(C)cc2)(c2ccc(C)cc2)c2cc(Br)sc2-4)cc1. The Kier molecular flexibility index (Phi) is 8.57. The minimum Gasteiger partial charge on any atom is -0.128 e. The van der Waals surface area contributed by atoms with Gasteiger partial charge in [0, 0.05) is 20.6 Å². The van der Waals surface area contributed by atoms with E-state index in [1.807, 2.05) is 22.7 Å². The molecule has 0 saturated heterocycles. The van der Waals surface area contributed by atoms with Crippen molar-refractivity contribution in [2.45, 2.75) is 77.0 Å². The largest absolute Gasteiger partial charge is 0.128 e. The van der Waals surface area contributed by atoms with E-state index in [0.29, 0.717) is 0 Å². The summed E-state index contributed by atoms with van der Waals surface area (Å²) in [6, 6.07) is 57.7. The summed E-state index contributed by atoms with van der Waals surface area (Å²) in [6.45, 7) is 18.6. The van der Waals surface area contributed by atoms with Gasteiger partial charge in [0.05, 0.1) is 18.4 Å². The molecular weight excluding hydrogens is 969 g/mol. The van der Waals surface area contributed by atoms with Gasteiger partial charge in [-0.1, -0.05) is 147 Å². The Hall–Kier alpha value is -5.10. The predicted octanol–water partition coefficient (Wildman–Crippen LogP) is 17.9. The molecule has 4 heteroatoms. The van der Waals surface area contributed by atoms with Crippen molar-refractivity contribution in [2.24, 2.45) is 0 Å². The van der Waals surface area contributed by atoms with Gasteiger partial charge in [0.15, 0.2) is 0 Å². The number of rotatable bonds is 4. The highest BCUT2D eigenvalue weighted by molar-refractivity contribution is 9.11. The van der Waals surface area contributed by atoms with E-state index in [-0.39, 0.29) is 10.8 Å².